The van der Waals surface area contributed by atoms with Crippen LogP contribution in [0.25, 0.3) is 6.08 Å². The van der Waals surface area contributed by atoms with E-state index >= 15 is 0 Å². The molecule has 0 spiro atoms. The maximum Gasteiger partial charge on any atom is 0.193 e. The lowest BCUT2D eigenvalue weighted by molar-refractivity contribution is 0.194. The van der Waals surface area contributed by atoms with Crippen LogP contribution in [0.1, 0.15) is 22.6 Å². The molecule has 0 unspecified atom stereocenters. The molecule has 0 atom stereocenters. The molecule has 2 heterocycles. The number of aryl methyl sites for hydroxylation is 2. The van der Waals surface area contributed by atoms with E-state index in [0.29, 0.717) is 0 Å². The SMILES string of the molecule is CN=C(NCCc1c(C)noc1C)N1CCN(C/C=C/c2ccccc2)CC1. The molecule has 0 amide bonds. The zero-order valence-electron chi connectivity index (χ0n) is 17.2. The fourth-order valence-corrected chi connectivity index (χ4v) is 3.53. The van der Waals surface area contributed by atoms with Gasteiger partial charge in [-0.15, -0.1) is 0 Å². The third-order valence-electron chi connectivity index (χ3n) is 5.20. The van der Waals surface area contributed by atoms with Crippen LogP contribution in [0.5, 0.6) is 0 Å². The number of hydrogen-bond donors (Lipinski definition) is 1. The Bertz CT molecular complexity index is 769. The molecule has 6 heteroatoms. The molecule has 0 bridgehead atoms. The number of hydrogen-bond acceptors (Lipinski definition) is 4. The fraction of sp³-hybridized carbons (Fsp3) is 0.455. The Labute approximate surface area is 167 Å². The van der Waals surface area contributed by atoms with E-state index in [1.165, 1.54) is 11.1 Å². The van der Waals surface area contributed by atoms with E-state index in [-0.39, 0.29) is 0 Å². The first-order chi connectivity index (χ1) is 13.7. The Hall–Kier alpha value is -2.60. The summed E-state index contributed by atoms with van der Waals surface area (Å²) in [5.74, 6) is 1.89. The molecule has 6 nitrogen and oxygen atoms in total. The van der Waals surface area contributed by atoms with Crippen molar-refractivity contribution >= 4 is 12.0 Å². The Morgan fingerprint density at radius 1 is 1.18 bits per heavy atom. The lowest BCUT2D eigenvalue weighted by Crippen LogP contribution is -2.52. The van der Waals surface area contributed by atoms with Crippen molar-refractivity contribution < 1.29 is 4.52 Å². The van der Waals surface area contributed by atoms with E-state index < -0.39 is 0 Å². The van der Waals surface area contributed by atoms with Gasteiger partial charge in [0.25, 0.3) is 0 Å². The highest BCUT2D eigenvalue weighted by atomic mass is 16.5. The number of guanidine groups is 1. The summed E-state index contributed by atoms with van der Waals surface area (Å²) in [5.41, 5.74) is 3.42. The van der Waals surface area contributed by atoms with E-state index in [4.69, 9.17) is 4.52 Å². The van der Waals surface area contributed by atoms with Crippen LogP contribution in [0.2, 0.25) is 0 Å². The lowest BCUT2D eigenvalue weighted by Gasteiger charge is -2.36. The number of nitrogens with one attached hydrogen (secondary N) is 1. The van der Waals surface area contributed by atoms with Crippen LogP contribution in [-0.4, -0.2) is 67.2 Å². The van der Waals surface area contributed by atoms with Crippen molar-refractivity contribution in [1.29, 1.82) is 0 Å². The molecule has 3 rings (SSSR count). The molecule has 0 saturated carbocycles. The molecule has 0 aliphatic carbocycles. The van der Waals surface area contributed by atoms with Gasteiger partial charge in [0.05, 0.1) is 5.69 Å². The second kappa shape index (κ2) is 10.1. The normalized spacial score (nSPS) is 16.1. The summed E-state index contributed by atoms with van der Waals surface area (Å²) < 4.78 is 5.24. The van der Waals surface area contributed by atoms with Crippen LogP contribution in [0.15, 0.2) is 45.9 Å². The average Bonchev–Trinajstić information content (AvgIpc) is 3.05. The molecule has 1 aromatic carbocycles. The van der Waals surface area contributed by atoms with E-state index in [9.17, 15) is 0 Å². The van der Waals surface area contributed by atoms with Gasteiger partial charge in [-0.2, -0.15) is 0 Å². The topological polar surface area (TPSA) is 56.9 Å². The summed E-state index contributed by atoms with van der Waals surface area (Å²) in [5, 5.41) is 7.51. The van der Waals surface area contributed by atoms with Crippen molar-refractivity contribution in [2.45, 2.75) is 20.3 Å². The van der Waals surface area contributed by atoms with Gasteiger partial charge in [0, 0.05) is 51.9 Å². The third-order valence-corrected chi connectivity index (χ3v) is 5.20. The smallest absolute Gasteiger partial charge is 0.193 e. The Morgan fingerprint density at radius 3 is 2.57 bits per heavy atom. The first-order valence-corrected chi connectivity index (χ1v) is 9.98. The third kappa shape index (κ3) is 5.45. The van der Waals surface area contributed by atoms with Crippen molar-refractivity contribution in [1.82, 2.24) is 20.3 Å². The van der Waals surface area contributed by atoms with Crippen molar-refractivity contribution in [2.24, 2.45) is 4.99 Å². The zero-order valence-corrected chi connectivity index (χ0v) is 17.2. The fourth-order valence-electron chi connectivity index (χ4n) is 3.53. The van der Waals surface area contributed by atoms with Crippen LogP contribution >= 0.6 is 0 Å². The highest BCUT2D eigenvalue weighted by Crippen LogP contribution is 2.12. The van der Waals surface area contributed by atoms with Gasteiger partial charge in [-0.05, 0) is 25.8 Å². The Kier molecular flexibility index (Phi) is 7.25. The zero-order chi connectivity index (χ0) is 19.8. The molecule has 1 saturated heterocycles. The van der Waals surface area contributed by atoms with Gasteiger partial charge in [0.15, 0.2) is 5.96 Å². The van der Waals surface area contributed by atoms with Gasteiger partial charge < -0.3 is 14.7 Å². The minimum Gasteiger partial charge on any atom is -0.361 e. The molecule has 1 aliphatic rings. The van der Waals surface area contributed by atoms with E-state index in [1.807, 2.05) is 27.0 Å². The predicted molar refractivity (Wildman–Crippen MR) is 115 cm³/mol. The van der Waals surface area contributed by atoms with Crippen LogP contribution in [-0.2, 0) is 6.42 Å². The highest BCUT2D eigenvalue weighted by Gasteiger charge is 2.19. The minimum absolute atomic E-state index is 0.829. The second-order valence-electron chi connectivity index (χ2n) is 7.13. The van der Waals surface area contributed by atoms with Crippen LogP contribution < -0.4 is 5.32 Å². The molecule has 1 aromatic heterocycles. The molecule has 2 aromatic rings. The van der Waals surface area contributed by atoms with Gasteiger partial charge >= 0.3 is 0 Å². The average molecular weight is 382 g/mol. The number of benzene rings is 1. The van der Waals surface area contributed by atoms with Crippen molar-refractivity contribution in [2.75, 3.05) is 46.3 Å². The maximum atomic E-state index is 5.24. The van der Waals surface area contributed by atoms with Crippen LogP contribution in [0.4, 0.5) is 0 Å². The van der Waals surface area contributed by atoms with Gasteiger partial charge in [-0.1, -0.05) is 47.6 Å². The first-order valence-electron chi connectivity index (χ1n) is 9.98. The first kappa shape index (κ1) is 20.1. The second-order valence-corrected chi connectivity index (χ2v) is 7.13. The molecule has 1 fully saturated rings. The quantitative estimate of drug-likeness (QED) is 0.616. The molecular weight excluding hydrogens is 350 g/mol. The van der Waals surface area contributed by atoms with E-state index in [0.717, 1.165) is 63.1 Å². The standard InChI is InChI=1S/C22H31N5O/c1-18-21(19(2)28-25-18)11-12-24-22(23-3)27-16-14-26(15-17-27)13-7-10-20-8-5-4-6-9-20/h4-10H,11-17H2,1-3H3,(H,23,24)/b10-7+. The van der Waals surface area contributed by atoms with Crippen molar-refractivity contribution in [3.05, 3.63) is 59.0 Å². The summed E-state index contributed by atoms with van der Waals surface area (Å²) in [4.78, 5) is 9.28. The summed E-state index contributed by atoms with van der Waals surface area (Å²) >= 11 is 0. The molecular formula is C22H31N5O. The number of aromatic nitrogens is 1. The molecule has 1 aliphatic heterocycles. The van der Waals surface area contributed by atoms with Gasteiger partial charge in [0.1, 0.15) is 5.76 Å². The maximum absolute atomic E-state index is 5.24. The van der Waals surface area contributed by atoms with Crippen LogP contribution in [0, 0.1) is 13.8 Å². The molecule has 1 N–H and O–H groups in total. The van der Waals surface area contributed by atoms with Gasteiger partial charge in [-0.25, -0.2) is 0 Å². The minimum atomic E-state index is 0.829. The van der Waals surface area contributed by atoms with Crippen LogP contribution in [0.3, 0.4) is 0 Å². The highest BCUT2D eigenvalue weighted by molar-refractivity contribution is 5.80. The summed E-state index contributed by atoms with van der Waals surface area (Å²) in [6.07, 6.45) is 5.34. The van der Waals surface area contributed by atoms with Gasteiger partial charge in [0.2, 0.25) is 0 Å². The predicted octanol–water partition coefficient (Wildman–Crippen LogP) is 2.74. The van der Waals surface area contributed by atoms with E-state index in [2.05, 4.69) is 61.7 Å². The lowest BCUT2D eigenvalue weighted by atomic mass is 10.1. The summed E-state index contributed by atoms with van der Waals surface area (Å²) in [7, 11) is 1.85. The Morgan fingerprint density at radius 2 is 1.93 bits per heavy atom. The monoisotopic (exact) mass is 381 g/mol. The van der Waals surface area contributed by atoms with Crippen molar-refractivity contribution in [3.8, 4) is 0 Å². The number of piperazine rings is 1. The molecule has 28 heavy (non-hydrogen) atoms. The summed E-state index contributed by atoms with van der Waals surface area (Å²) in [6.45, 7) is 9.85. The molecule has 0 radical (unpaired) electrons. The molecule has 150 valence electrons. The number of nitrogens with zero attached hydrogens (tertiary/aromatic N) is 4. The van der Waals surface area contributed by atoms with Crippen molar-refractivity contribution in [3.63, 3.8) is 0 Å². The largest absolute Gasteiger partial charge is 0.361 e. The van der Waals surface area contributed by atoms with E-state index in [1.54, 1.807) is 0 Å². The number of aliphatic imine (C=N–C) groups is 1. The van der Waals surface area contributed by atoms with Gasteiger partial charge in [-0.3, -0.25) is 9.89 Å². The Balaban J connectivity index is 1.41. The summed E-state index contributed by atoms with van der Waals surface area (Å²) in [6, 6.07) is 10.5. The number of rotatable bonds is 6.